The molecule has 1 N–H and O–H groups in total. The number of rotatable bonds is 8. The first-order valence-corrected chi connectivity index (χ1v) is 10.9. The summed E-state index contributed by atoms with van der Waals surface area (Å²) in [5.41, 5.74) is 0. The Morgan fingerprint density at radius 3 is 2.65 bits per heavy atom. The Kier molecular flexibility index (Phi) is 6.70. The average Bonchev–Trinajstić information content (AvgIpc) is 3.39. The van der Waals surface area contributed by atoms with Gasteiger partial charge in [0.1, 0.15) is 0 Å². The summed E-state index contributed by atoms with van der Waals surface area (Å²) in [5.74, 6) is -0.0357. The van der Waals surface area contributed by atoms with Crippen molar-refractivity contribution in [3.05, 3.63) is 22.4 Å². The molecule has 0 saturated carbocycles. The Morgan fingerprint density at radius 1 is 1.31 bits per heavy atom. The summed E-state index contributed by atoms with van der Waals surface area (Å²) in [6.45, 7) is 7.62. The molecule has 2 fully saturated rings. The molecule has 2 aliphatic heterocycles. The van der Waals surface area contributed by atoms with Crippen molar-refractivity contribution < 1.29 is 9.59 Å². The smallest absolute Gasteiger partial charge is 0.225 e. The molecule has 2 aliphatic rings. The van der Waals surface area contributed by atoms with Crippen LogP contribution in [0.25, 0.3) is 0 Å². The first-order chi connectivity index (χ1) is 12.6. The minimum Gasteiger partial charge on any atom is -0.354 e. The van der Waals surface area contributed by atoms with Crippen LogP contribution in [0.2, 0.25) is 0 Å². The molecule has 26 heavy (non-hydrogen) atoms. The fraction of sp³-hybridized carbons (Fsp3) is 0.700. The van der Waals surface area contributed by atoms with E-state index in [0.717, 1.165) is 25.9 Å². The lowest BCUT2D eigenvalue weighted by Gasteiger charge is -2.28. The molecule has 2 amide bonds. The summed E-state index contributed by atoms with van der Waals surface area (Å²) in [6, 6.07) is 4.76. The van der Waals surface area contributed by atoms with Gasteiger partial charge in [0.05, 0.1) is 12.0 Å². The van der Waals surface area contributed by atoms with Gasteiger partial charge in [-0.15, -0.1) is 11.3 Å². The second kappa shape index (κ2) is 9.00. The van der Waals surface area contributed by atoms with Crippen molar-refractivity contribution in [3.8, 4) is 0 Å². The van der Waals surface area contributed by atoms with Crippen molar-refractivity contribution in [1.82, 2.24) is 15.1 Å². The van der Waals surface area contributed by atoms with Gasteiger partial charge in [0.25, 0.3) is 0 Å². The van der Waals surface area contributed by atoms with E-state index < -0.39 is 0 Å². The quantitative estimate of drug-likeness (QED) is 0.758. The monoisotopic (exact) mass is 377 g/mol. The van der Waals surface area contributed by atoms with Crippen LogP contribution in [0.3, 0.4) is 0 Å². The van der Waals surface area contributed by atoms with Crippen molar-refractivity contribution in [3.63, 3.8) is 0 Å². The van der Waals surface area contributed by atoms with Crippen LogP contribution in [0.5, 0.6) is 0 Å². The number of carbonyl (C=O) groups is 2. The first-order valence-electron chi connectivity index (χ1n) is 9.98. The molecule has 3 rings (SSSR count). The zero-order chi connectivity index (χ0) is 18.5. The zero-order valence-electron chi connectivity index (χ0n) is 15.9. The highest BCUT2D eigenvalue weighted by Gasteiger charge is 2.37. The highest BCUT2D eigenvalue weighted by atomic mass is 32.1. The van der Waals surface area contributed by atoms with Crippen LogP contribution in [0, 0.1) is 5.92 Å². The molecule has 2 atom stereocenters. The van der Waals surface area contributed by atoms with Gasteiger partial charge in [-0.1, -0.05) is 19.9 Å². The molecular formula is C20H31N3O2S. The molecule has 0 radical (unpaired) electrons. The third-order valence-corrected chi connectivity index (χ3v) is 6.81. The minimum absolute atomic E-state index is 0.0348. The maximum absolute atomic E-state index is 12.7. The SMILES string of the molecule is CCC(CC)N1CC(C(=O)NCC(c2cccs2)N2CCCC2)CC1=O. The molecule has 0 aromatic carbocycles. The largest absolute Gasteiger partial charge is 0.354 e. The van der Waals surface area contributed by atoms with Gasteiger partial charge in [0, 0.05) is 30.4 Å². The van der Waals surface area contributed by atoms with Gasteiger partial charge in [-0.25, -0.2) is 0 Å². The summed E-state index contributed by atoms with van der Waals surface area (Å²) in [5, 5.41) is 5.25. The Labute approximate surface area is 160 Å². The number of hydrogen-bond acceptors (Lipinski definition) is 4. The lowest BCUT2D eigenvalue weighted by atomic mass is 10.1. The first kappa shape index (κ1) is 19.4. The lowest BCUT2D eigenvalue weighted by molar-refractivity contribution is -0.130. The highest BCUT2D eigenvalue weighted by Crippen LogP contribution is 2.28. The summed E-state index contributed by atoms with van der Waals surface area (Å²) in [6.07, 6.45) is 4.72. The summed E-state index contributed by atoms with van der Waals surface area (Å²) in [4.78, 5) is 30.7. The number of nitrogens with zero attached hydrogens (tertiary/aromatic N) is 2. The standard InChI is InChI=1S/C20H31N3O2S/c1-3-16(4-2)23-14-15(12-19(23)24)20(25)21-13-17(18-8-7-11-26-18)22-9-5-6-10-22/h7-8,11,15-17H,3-6,9-10,12-14H2,1-2H3,(H,21,25). The normalized spacial score (nSPS) is 22.3. The van der Waals surface area contributed by atoms with Gasteiger partial charge >= 0.3 is 0 Å². The van der Waals surface area contributed by atoms with E-state index in [-0.39, 0.29) is 29.8 Å². The van der Waals surface area contributed by atoms with E-state index in [1.54, 1.807) is 11.3 Å². The van der Waals surface area contributed by atoms with E-state index in [2.05, 4.69) is 41.6 Å². The van der Waals surface area contributed by atoms with E-state index >= 15 is 0 Å². The third kappa shape index (κ3) is 4.29. The van der Waals surface area contributed by atoms with Gasteiger partial charge in [-0.2, -0.15) is 0 Å². The van der Waals surface area contributed by atoms with E-state index in [1.165, 1.54) is 17.7 Å². The molecule has 1 aromatic rings. The molecule has 2 unspecified atom stereocenters. The second-order valence-corrected chi connectivity index (χ2v) is 8.42. The van der Waals surface area contributed by atoms with Crippen molar-refractivity contribution in [2.45, 2.75) is 58.0 Å². The number of amides is 2. The molecule has 6 heteroatoms. The Balaban J connectivity index is 1.58. The molecule has 1 aromatic heterocycles. The molecule has 0 aliphatic carbocycles. The molecule has 3 heterocycles. The maximum atomic E-state index is 12.7. The van der Waals surface area contributed by atoms with Crippen LogP contribution in [0.15, 0.2) is 17.5 Å². The van der Waals surface area contributed by atoms with Crippen LogP contribution in [-0.2, 0) is 9.59 Å². The second-order valence-electron chi connectivity index (χ2n) is 7.44. The fourth-order valence-corrected chi connectivity index (χ4v) is 5.14. The van der Waals surface area contributed by atoms with Crippen LogP contribution >= 0.6 is 11.3 Å². The van der Waals surface area contributed by atoms with Gasteiger partial charge < -0.3 is 10.2 Å². The Bertz CT molecular complexity index is 594. The van der Waals surface area contributed by atoms with Gasteiger partial charge in [-0.05, 0) is 50.2 Å². The number of thiophene rings is 1. The Morgan fingerprint density at radius 2 is 2.04 bits per heavy atom. The van der Waals surface area contributed by atoms with E-state index in [1.807, 2.05) is 4.90 Å². The molecule has 0 spiro atoms. The van der Waals surface area contributed by atoms with Crippen molar-refractivity contribution >= 4 is 23.2 Å². The van der Waals surface area contributed by atoms with E-state index in [9.17, 15) is 9.59 Å². The number of carbonyl (C=O) groups excluding carboxylic acids is 2. The van der Waals surface area contributed by atoms with Gasteiger partial charge in [-0.3, -0.25) is 14.5 Å². The highest BCUT2D eigenvalue weighted by molar-refractivity contribution is 7.10. The van der Waals surface area contributed by atoms with E-state index in [0.29, 0.717) is 19.5 Å². The summed E-state index contributed by atoms with van der Waals surface area (Å²) in [7, 11) is 0. The molecule has 144 valence electrons. The van der Waals surface area contributed by atoms with Crippen LogP contribution < -0.4 is 5.32 Å². The van der Waals surface area contributed by atoms with Gasteiger partial charge in [0.2, 0.25) is 11.8 Å². The number of likely N-dealkylation sites (tertiary alicyclic amines) is 2. The van der Waals surface area contributed by atoms with E-state index in [4.69, 9.17) is 0 Å². The number of nitrogens with one attached hydrogen (secondary N) is 1. The predicted octanol–water partition coefficient (Wildman–Crippen LogP) is 3.04. The zero-order valence-corrected chi connectivity index (χ0v) is 16.8. The van der Waals surface area contributed by atoms with Crippen LogP contribution in [0.1, 0.15) is 56.9 Å². The van der Waals surface area contributed by atoms with Crippen LogP contribution in [-0.4, -0.2) is 53.8 Å². The lowest BCUT2D eigenvalue weighted by Crippen LogP contribution is -2.40. The molecule has 0 bridgehead atoms. The maximum Gasteiger partial charge on any atom is 0.225 e. The summed E-state index contributed by atoms with van der Waals surface area (Å²) < 4.78 is 0. The topological polar surface area (TPSA) is 52.7 Å². The average molecular weight is 378 g/mol. The fourth-order valence-electron chi connectivity index (χ4n) is 4.27. The minimum atomic E-state index is -0.203. The number of hydrogen-bond donors (Lipinski definition) is 1. The van der Waals surface area contributed by atoms with Crippen molar-refractivity contribution in [2.24, 2.45) is 5.92 Å². The van der Waals surface area contributed by atoms with Crippen molar-refractivity contribution in [1.29, 1.82) is 0 Å². The van der Waals surface area contributed by atoms with Gasteiger partial charge in [0.15, 0.2) is 0 Å². The summed E-state index contributed by atoms with van der Waals surface area (Å²) >= 11 is 1.76. The van der Waals surface area contributed by atoms with Crippen LogP contribution in [0.4, 0.5) is 0 Å². The molecule has 2 saturated heterocycles. The molecule has 5 nitrogen and oxygen atoms in total. The van der Waals surface area contributed by atoms with Crippen molar-refractivity contribution in [2.75, 3.05) is 26.2 Å². The predicted molar refractivity (Wildman–Crippen MR) is 105 cm³/mol. The third-order valence-electron chi connectivity index (χ3n) is 5.84. The molecular weight excluding hydrogens is 346 g/mol. The Hall–Kier alpha value is -1.40.